The Morgan fingerprint density at radius 3 is 3.12 bits per heavy atom. The van der Waals surface area contributed by atoms with Gasteiger partial charge in [0.15, 0.2) is 0 Å². The molecule has 0 bridgehead atoms. The van der Waals surface area contributed by atoms with Crippen molar-refractivity contribution in [2.75, 3.05) is 33.3 Å². The lowest BCUT2D eigenvalue weighted by Crippen LogP contribution is -2.46. The Labute approximate surface area is 115 Å². The van der Waals surface area contributed by atoms with Gasteiger partial charge in [-0.05, 0) is 41.0 Å². The van der Waals surface area contributed by atoms with Gasteiger partial charge in [-0.15, -0.1) is 11.3 Å². The second kappa shape index (κ2) is 6.29. The summed E-state index contributed by atoms with van der Waals surface area (Å²) in [5.74, 6) is 0. The van der Waals surface area contributed by atoms with Crippen molar-refractivity contribution in [1.82, 2.24) is 10.2 Å². The van der Waals surface area contributed by atoms with E-state index in [1.165, 1.54) is 9.35 Å². The van der Waals surface area contributed by atoms with Gasteiger partial charge in [0.05, 0.1) is 18.8 Å². The van der Waals surface area contributed by atoms with Gasteiger partial charge < -0.3 is 15.0 Å². The molecule has 0 aliphatic carbocycles. The number of halogens is 1. The third-order valence-electron chi connectivity index (χ3n) is 3.02. The number of hydrogen-bond acceptors (Lipinski definition) is 4. The Hall–Kier alpha value is 0.0600. The maximum absolute atomic E-state index is 5.92. The molecule has 2 atom stereocenters. The molecule has 2 unspecified atom stereocenters. The molecule has 2 rings (SSSR count). The van der Waals surface area contributed by atoms with E-state index >= 15 is 0 Å². The van der Waals surface area contributed by atoms with Crippen LogP contribution >= 0.6 is 27.3 Å². The lowest BCUT2D eigenvalue weighted by Gasteiger charge is -2.35. The highest BCUT2D eigenvalue weighted by molar-refractivity contribution is 9.10. The fraction of sp³-hybridized carbons (Fsp3) is 0.667. The van der Waals surface area contributed by atoms with Gasteiger partial charge in [0.1, 0.15) is 0 Å². The zero-order valence-electron chi connectivity index (χ0n) is 10.3. The maximum atomic E-state index is 5.92. The van der Waals surface area contributed by atoms with Gasteiger partial charge in [0.25, 0.3) is 0 Å². The van der Waals surface area contributed by atoms with E-state index in [1.807, 2.05) is 0 Å². The first-order valence-corrected chi connectivity index (χ1v) is 7.66. The zero-order valence-corrected chi connectivity index (χ0v) is 12.7. The number of hydrogen-bond donors (Lipinski definition) is 1. The third kappa shape index (κ3) is 3.29. The Kier molecular flexibility index (Phi) is 4.99. The van der Waals surface area contributed by atoms with Crippen LogP contribution in [-0.4, -0.2) is 44.3 Å². The smallest absolute Gasteiger partial charge is 0.0905 e. The number of ether oxygens (including phenoxy) is 1. The number of thiophene rings is 1. The van der Waals surface area contributed by atoms with Crippen molar-refractivity contribution in [1.29, 1.82) is 0 Å². The summed E-state index contributed by atoms with van der Waals surface area (Å²) in [5.41, 5.74) is 0. The van der Waals surface area contributed by atoms with E-state index in [0.29, 0.717) is 0 Å². The minimum Gasteiger partial charge on any atom is -0.374 e. The summed E-state index contributed by atoms with van der Waals surface area (Å²) in [6, 6.07) is 2.40. The minimum atomic E-state index is 0.239. The predicted octanol–water partition coefficient (Wildman–Crippen LogP) is 2.49. The van der Waals surface area contributed by atoms with Gasteiger partial charge in [0, 0.05) is 22.4 Å². The summed E-state index contributed by atoms with van der Waals surface area (Å²) >= 11 is 5.40. The largest absolute Gasteiger partial charge is 0.374 e. The van der Waals surface area contributed by atoms with Crippen molar-refractivity contribution in [3.8, 4) is 0 Å². The molecule has 96 valence electrons. The summed E-state index contributed by atoms with van der Waals surface area (Å²) in [6.07, 6.45) is 0.239. The number of morpholine rings is 1. The van der Waals surface area contributed by atoms with Crippen LogP contribution in [0, 0.1) is 0 Å². The van der Waals surface area contributed by atoms with Crippen LogP contribution in [0.1, 0.15) is 17.8 Å². The van der Waals surface area contributed by atoms with Crippen LogP contribution in [-0.2, 0) is 4.74 Å². The van der Waals surface area contributed by atoms with Crippen molar-refractivity contribution < 1.29 is 4.74 Å². The molecule has 1 aliphatic rings. The highest BCUT2D eigenvalue weighted by Gasteiger charge is 2.29. The SMILES string of the molecule is CCNC(c1sccc1Br)C1CN(C)CCO1. The molecule has 1 aromatic rings. The molecule has 1 aromatic heterocycles. The Morgan fingerprint density at radius 2 is 2.53 bits per heavy atom. The average molecular weight is 319 g/mol. The van der Waals surface area contributed by atoms with Crippen molar-refractivity contribution in [3.63, 3.8) is 0 Å². The molecule has 0 saturated carbocycles. The van der Waals surface area contributed by atoms with Gasteiger partial charge in [-0.25, -0.2) is 0 Å². The Balaban J connectivity index is 2.14. The first-order valence-electron chi connectivity index (χ1n) is 5.98. The standard InChI is InChI=1S/C12H19BrN2OS/c1-3-14-11(12-9(13)4-7-17-12)10-8-15(2)5-6-16-10/h4,7,10-11,14H,3,5-6,8H2,1-2H3. The molecule has 0 amide bonds. The predicted molar refractivity (Wildman–Crippen MR) is 75.7 cm³/mol. The normalized spacial score (nSPS) is 23.8. The van der Waals surface area contributed by atoms with Crippen LogP contribution < -0.4 is 5.32 Å². The molecule has 0 aromatic carbocycles. The fourth-order valence-electron chi connectivity index (χ4n) is 2.15. The molecule has 5 heteroatoms. The van der Waals surface area contributed by atoms with E-state index < -0.39 is 0 Å². The molecule has 17 heavy (non-hydrogen) atoms. The van der Waals surface area contributed by atoms with Crippen LogP contribution in [0.25, 0.3) is 0 Å². The van der Waals surface area contributed by atoms with Gasteiger partial charge in [0.2, 0.25) is 0 Å². The van der Waals surface area contributed by atoms with Gasteiger partial charge in [-0.1, -0.05) is 6.92 Å². The van der Waals surface area contributed by atoms with E-state index in [9.17, 15) is 0 Å². The van der Waals surface area contributed by atoms with E-state index in [1.54, 1.807) is 11.3 Å². The molecule has 0 spiro atoms. The molecule has 1 aliphatic heterocycles. The lowest BCUT2D eigenvalue weighted by molar-refractivity contribution is -0.0385. The molecule has 1 fully saturated rings. The van der Waals surface area contributed by atoms with E-state index in [4.69, 9.17) is 4.74 Å². The average Bonchev–Trinajstić information content (AvgIpc) is 2.72. The molecular weight excluding hydrogens is 300 g/mol. The second-order valence-corrected chi connectivity index (χ2v) is 6.14. The Morgan fingerprint density at radius 1 is 1.71 bits per heavy atom. The van der Waals surface area contributed by atoms with E-state index in [2.05, 4.69) is 51.6 Å². The van der Waals surface area contributed by atoms with Crippen LogP contribution in [0.5, 0.6) is 0 Å². The van der Waals surface area contributed by atoms with E-state index in [0.717, 1.165) is 26.2 Å². The topological polar surface area (TPSA) is 24.5 Å². The first kappa shape index (κ1) is 13.5. The number of nitrogens with one attached hydrogen (secondary N) is 1. The fourth-order valence-corrected chi connectivity index (χ4v) is 3.90. The van der Waals surface area contributed by atoms with Crippen molar-refractivity contribution in [3.05, 3.63) is 20.8 Å². The van der Waals surface area contributed by atoms with E-state index in [-0.39, 0.29) is 12.1 Å². The highest BCUT2D eigenvalue weighted by Crippen LogP contribution is 2.32. The van der Waals surface area contributed by atoms with Crippen molar-refractivity contribution >= 4 is 27.3 Å². The summed E-state index contributed by atoms with van der Waals surface area (Å²) in [4.78, 5) is 3.67. The van der Waals surface area contributed by atoms with Crippen LogP contribution in [0.15, 0.2) is 15.9 Å². The Bertz CT molecular complexity index is 358. The second-order valence-electron chi connectivity index (χ2n) is 4.34. The quantitative estimate of drug-likeness (QED) is 0.923. The summed E-state index contributed by atoms with van der Waals surface area (Å²) in [7, 11) is 2.15. The summed E-state index contributed by atoms with van der Waals surface area (Å²) < 4.78 is 7.11. The molecule has 0 radical (unpaired) electrons. The van der Waals surface area contributed by atoms with Gasteiger partial charge >= 0.3 is 0 Å². The number of nitrogens with zero attached hydrogens (tertiary/aromatic N) is 1. The summed E-state index contributed by atoms with van der Waals surface area (Å²) in [6.45, 7) is 5.94. The third-order valence-corrected chi connectivity index (χ3v) is 4.97. The molecular formula is C12H19BrN2OS. The molecule has 2 heterocycles. The maximum Gasteiger partial charge on any atom is 0.0905 e. The van der Waals surface area contributed by atoms with Crippen LogP contribution in [0.4, 0.5) is 0 Å². The van der Waals surface area contributed by atoms with Crippen LogP contribution in [0.3, 0.4) is 0 Å². The zero-order chi connectivity index (χ0) is 12.3. The molecule has 1 N–H and O–H groups in total. The molecule has 3 nitrogen and oxygen atoms in total. The van der Waals surface area contributed by atoms with Crippen molar-refractivity contribution in [2.45, 2.75) is 19.1 Å². The van der Waals surface area contributed by atoms with Crippen molar-refractivity contribution in [2.24, 2.45) is 0 Å². The minimum absolute atomic E-state index is 0.239. The van der Waals surface area contributed by atoms with Gasteiger partial charge in [-0.2, -0.15) is 0 Å². The number of likely N-dealkylation sites (N-methyl/N-ethyl adjacent to an activating group) is 2. The first-order chi connectivity index (χ1) is 8.22. The monoisotopic (exact) mass is 318 g/mol. The molecule has 1 saturated heterocycles. The number of rotatable bonds is 4. The van der Waals surface area contributed by atoms with Crippen LogP contribution in [0.2, 0.25) is 0 Å². The summed E-state index contributed by atoms with van der Waals surface area (Å²) in [5, 5.41) is 5.67. The van der Waals surface area contributed by atoms with Gasteiger partial charge in [-0.3, -0.25) is 0 Å². The lowest BCUT2D eigenvalue weighted by atomic mass is 10.1. The highest BCUT2D eigenvalue weighted by atomic mass is 79.9.